The van der Waals surface area contributed by atoms with Crippen molar-refractivity contribution in [2.75, 3.05) is 0 Å². The molecule has 0 atom stereocenters. The number of rotatable bonds is 2. The molecule has 0 aromatic heterocycles. The molecule has 1 aromatic rings. The van der Waals surface area contributed by atoms with Gasteiger partial charge < -0.3 is 0 Å². The van der Waals surface area contributed by atoms with Crippen LogP contribution in [0.15, 0.2) is 24.3 Å². The Balaban J connectivity index is 2.82. The van der Waals surface area contributed by atoms with E-state index in [4.69, 9.17) is 4.74 Å². The molecular formula is C11H13I2OTl. The van der Waals surface area contributed by atoms with E-state index in [9.17, 15) is 0 Å². The summed E-state index contributed by atoms with van der Waals surface area (Å²) in [5.41, 5.74) is 1.56. The van der Waals surface area contributed by atoms with Crippen molar-refractivity contribution < 1.29 is 4.74 Å². The van der Waals surface area contributed by atoms with E-state index in [1.165, 1.54) is 5.56 Å². The summed E-state index contributed by atoms with van der Waals surface area (Å²) in [7, 11) is 0. The van der Waals surface area contributed by atoms with Gasteiger partial charge in [-0.1, -0.05) is 0 Å². The first-order valence-corrected chi connectivity index (χ1v) is 9.05. The van der Waals surface area contributed by atoms with Crippen molar-refractivity contribution in [3.63, 3.8) is 0 Å². The summed E-state index contributed by atoms with van der Waals surface area (Å²) in [4.78, 5) is 0. The average Bonchev–Trinajstić information content (AvgIpc) is 2.00. The fourth-order valence-corrected chi connectivity index (χ4v) is 2.22. The molecule has 1 nitrogen and oxygen atoms in total. The summed E-state index contributed by atoms with van der Waals surface area (Å²) in [5.74, 6) is 0.967. The number of alkyl halides is 2. The van der Waals surface area contributed by atoms with Crippen LogP contribution < -0.4 is 4.74 Å². The minimum absolute atomic E-state index is 0.0151. The summed E-state index contributed by atoms with van der Waals surface area (Å²) in [5, 5.41) is 0. The quantitative estimate of drug-likeness (QED) is 0.277. The van der Waals surface area contributed by atoms with Crippen LogP contribution in [0.2, 0.25) is 0 Å². The average molecular weight is 619 g/mol. The van der Waals surface area contributed by atoms with Crippen LogP contribution in [-0.2, 0) is 5.41 Å². The third kappa shape index (κ3) is 5.51. The third-order valence-electron chi connectivity index (χ3n) is 1.97. The molecule has 0 amide bonds. The van der Waals surface area contributed by atoms with Crippen LogP contribution in [0.1, 0.15) is 26.3 Å². The summed E-state index contributed by atoms with van der Waals surface area (Å²) in [6, 6.07) is 8.43. The molecule has 0 N–H and O–H groups in total. The van der Waals surface area contributed by atoms with Crippen LogP contribution in [0.4, 0.5) is 0 Å². The van der Waals surface area contributed by atoms with Gasteiger partial charge in [-0.15, -0.1) is 0 Å². The first-order valence-electron chi connectivity index (χ1n) is 4.65. The number of benzene rings is 1. The van der Waals surface area contributed by atoms with Crippen molar-refractivity contribution in [2.24, 2.45) is 0 Å². The van der Waals surface area contributed by atoms with Crippen molar-refractivity contribution in [2.45, 2.75) is 25.4 Å². The molecule has 0 saturated carbocycles. The van der Waals surface area contributed by atoms with Gasteiger partial charge in [0.25, 0.3) is 0 Å². The second-order valence-electron chi connectivity index (χ2n) is 4.44. The van der Waals surface area contributed by atoms with Gasteiger partial charge in [-0.2, -0.15) is 0 Å². The molecule has 0 saturated heterocycles. The van der Waals surface area contributed by atoms with E-state index in [-0.39, 0.29) is 4.59 Å². The van der Waals surface area contributed by atoms with Gasteiger partial charge in [0.1, 0.15) is 0 Å². The molecule has 0 aliphatic carbocycles. The van der Waals surface area contributed by atoms with Crippen molar-refractivity contribution in [1.29, 1.82) is 0 Å². The monoisotopic (exact) mass is 620 g/mol. The van der Waals surface area contributed by atoms with Crippen molar-refractivity contribution in [1.82, 2.24) is 0 Å². The molecule has 0 spiro atoms. The molecule has 4 heteroatoms. The van der Waals surface area contributed by atoms with Gasteiger partial charge in [0.2, 0.25) is 0 Å². The molecule has 15 heavy (non-hydrogen) atoms. The van der Waals surface area contributed by atoms with Gasteiger partial charge >= 0.3 is 137 Å². The molecule has 0 unspecified atom stereocenters. The number of hydrogen-bond donors (Lipinski definition) is 0. The van der Waals surface area contributed by atoms with Crippen molar-refractivity contribution >= 4 is 70.9 Å². The van der Waals surface area contributed by atoms with Crippen LogP contribution in [0.3, 0.4) is 0 Å². The van der Waals surface area contributed by atoms with E-state index in [0.29, 0.717) is 0 Å². The predicted molar refractivity (Wildman–Crippen MR) is 82.3 cm³/mol. The molecule has 0 aliphatic rings. The Morgan fingerprint density at radius 1 is 1.07 bits per heavy atom. The third-order valence-corrected chi connectivity index (χ3v) is 2.87. The van der Waals surface area contributed by atoms with Gasteiger partial charge in [0.15, 0.2) is 0 Å². The van der Waals surface area contributed by atoms with Gasteiger partial charge in [0, 0.05) is 0 Å². The van der Waals surface area contributed by atoms with Crippen LogP contribution in [0, 0.1) is 0 Å². The van der Waals surface area contributed by atoms with Crippen LogP contribution >= 0.6 is 45.2 Å². The summed E-state index contributed by atoms with van der Waals surface area (Å²) in [6.45, 7) is 6.66. The maximum absolute atomic E-state index is 5.82. The van der Waals surface area contributed by atoms with E-state index in [0.717, 1.165) is 31.5 Å². The molecule has 1 aromatic carbocycles. The minimum atomic E-state index is -0.0151. The summed E-state index contributed by atoms with van der Waals surface area (Å²) in [6.07, 6.45) is 0. The van der Waals surface area contributed by atoms with Crippen LogP contribution in [0.5, 0.6) is 5.75 Å². The predicted octanol–water partition coefficient (Wildman–Crippen LogP) is 4.01. The second-order valence-corrected chi connectivity index (χ2v) is 22.0. The zero-order valence-electron chi connectivity index (χ0n) is 9.05. The molecule has 0 radical (unpaired) electrons. The first-order chi connectivity index (χ1) is 6.68. The number of ether oxygens (including phenoxy) is 1. The number of halogens is 2. The van der Waals surface area contributed by atoms with Crippen molar-refractivity contribution in [3.05, 3.63) is 29.8 Å². The van der Waals surface area contributed by atoms with Gasteiger partial charge in [0.05, 0.1) is 0 Å². The van der Waals surface area contributed by atoms with E-state index < -0.39 is 0 Å². The van der Waals surface area contributed by atoms with E-state index in [1.807, 2.05) is 0 Å². The standard InChI is InChI=1S/C11H13I2O.Tl/c1-11(2,3)8-4-6-9(7-5-8)14-10(12)13;/h4-7H,1-3H3;. The fourth-order valence-electron chi connectivity index (χ4n) is 1.18. The van der Waals surface area contributed by atoms with Gasteiger partial charge in [-0.05, 0) is 0 Å². The zero-order chi connectivity index (χ0) is 11.7. The Bertz CT molecular complexity index is 322. The molecule has 0 aliphatic heterocycles. The van der Waals surface area contributed by atoms with E-state index in [2.05, 4.69) is 90.2 Å². The van der Waals surface area contributed by atoms with Gasteiger partial charge in [-0.25, -0.2) is 0 Å². The molecular weight excluding hydrogens is 606 g/mol. The zero-order valence-corrected chi connectivity index (χ0v) is 17.9. The molecule has 0 bridgehead atoms. The second kappa shape index (κ2) is 5.37. The Morgan fingerprint density at radius 3 is 1.87 bits per heavy atom. The summed E-state index contributed by atoms with van der Waals surface area (Å²) >= 11 is 5.48. The SMILES string of the molecule is CC(C)(C)c1ccc(O[C](I)(I)[Tl])cc1. The molecule has 0 fully saturated rings. The Hall–Kier alpha value is 1.40. The first kappa shape index (κ1) is 14.5. The molecule has 1 rings (SSSR count). The van der Waals surface area contributed by atoms with Crippen molar-refractivity contribution in [3.8, 4) is 5.75 Å². The summed E-state index contributed by atoms with van der Waals surface area (Å²) < 4.78 is 5.80. The normalized spacial score (nSPS) is 12.5. The number of hydrogen-bond acceptors (Lipinski definition) is 1. The Labute approximate surface area is 135 Å². The van der Waals surface area contributed by atoms with Crippen LogP contribution in [-0.4, -0.2) is 24.9 Å². The Kier molecular flexibility index (Phi) is 5.17. The van der Waals surface area contributed by atoms with E-state index in [1.54, 1.807) is 0 Å². The Morgan fingerprint density at radius 2 is 1.53 bits per heavy atom. The van der Waals surface area contributed by atoms with Crippen LogP contribution in [0.25, 0.3) is 0 Å². The molecule has 80 valence electrons. The fraction of sp³-hybridized carbons (Fsp3) is 0.455. The van der Waals surface area contributed by atoms with Gasteiger partial charge in [-0.3, -0.25) is 0 Å². The molecule has 0 heterocycles. The maximum atomic E-state index is 5.82. The van der Waals surface area contributed by atoms with E-state index >= 15 is 0 Å². The topological polar surface area (TPSA) is 9.23 Å².